The maximum Gasteiger partial charge on any atom is 0.253 e. The highest BCUT2D eigenvalue weighted by molar-refractivity contribution is 5.95. The minimum atomic E-state index is -0.0609. The Morgan fingerprint density at radius 2 is 2.19 bits per heavy atom. The molecule has 0 saturated carbocycles. The first-order chi connectivity index (χ1) is 7.60. The molecule has 0 aromatic heterocycles. The highest BCUT2D eigenvalue weighted by Gasteiger charge is 2.13. The molecule has 1 amide bonds. The summed E-state index contributed by atoms with van der Waals surface area (Å²) in [5, 5.41) is 11.8. The fourth-order valence-electron chi connectivity index (χ4n) is 1.52. The zero-order valence-corrected chi connectivity index (χ0v) is 9.95. The van der Waals surface area contributed by atoms with Crippen LogP contribution in [0.25, 0.3) is 0 Å². The van der Waals surface area contributed by atoms with Crippen LogP contribution >= 0.6 is 0 Å². The van der Waals surface area contributed by atoms with Crippen LogP contribution in [0.1, 0.15) is 15.9 Å². The highest BCUT2D eigenvalue weighted by Crippen LogP contribution is 2.16. The second-order valence-corrected chi connectivity index (χ2v) is 3.73. The Labute approximate surface area is 95.9 Å². The normalized spacial score (nSPS) is 10.0. The molecule has 16 heavy (non-hydrogen) atoms. The molecule has 0 atom stereocenters. The minimum Gasteiger partial charge on any atom is -0.395 e. The van der Waals surface area contributed by atoms with E-state index in [0.717, 1.165) is 11.3 Å². The Kier molecular flexibility index (Phi) is 4.31. The largest absolute Gasteiger partial charge is 0.395 e. The summed E-state index contributed by atoms with van der Waals surface area (Å²) in [4.78, 5) is 13.5. The smallest absolute Gasteiger partial charge is 0.253 e. The minimum absolute atomic E-state index is 0.0180. The number of amides is 1. The SMILES string of the molecule is CNc1ccc(C(=O)N(C)CCO)c(C)c1. The summed E-state index contributed by atoms with van der Waals surface area (Å²) in [5.41, 5.74) is 2.59. The second kappa shape index (κ2) is 5.51. The van der Waals surface area contributed by atoms with Crippen molar-refractivity contribution < 1.29 is 9.90 Å². The zero-order chi connectivity index (χ0) is 12.1. The first kappa shape index (κ1) is 12.5. The van der Waals surface area contributed by atoms with Crippen molar-refractivity contribution in [3.05, 3.63) is 29.3 Å². The molecule has 0 radical (unpaired) electrons. The molecular formula is C12H18N2O2. The molecule has 1 aromatic rings. The summed E-state index contributed by atoms with van der Waals surface area (Å²) in [5.74, 6) is -0.0609. The monoisotopic (exact) mass is 222 g/mol. The van der Waals surface area contributed by atoms with Gasteiger partial charge in [0.1, 0.15) is 0 Å². The van der Waals surface area contributed by atoms with E-state index in [2.05, 4.69) is 5.32 Å². The number of hydrogen-bond donors (Lipinski definition) is 2. The molecule has 1 aromatic carbocycles. The van der Waals surface area contributed by atoms with E-state index < -0.39 is 0 Å². The Bertz CT molecular complexity index is 377. The van der Waals surface area contributed by atoms with Gasteiger partial charge in [-0.1, -0.05) is 0 Å². The Hall–Kier alpha value is -1.55. The van der Waals surface area contributed by atoms with Gasteiger partial charge in [-0.15, -0.1) is 0 Å². The average Bonchev–Trinajstić information content (AvgIpc) is 2.28. The standard InChI is InChI=1S/C12H18N2O2/c1-9-8-10(13-2)4-5-11(9)12(16)14(3)6-7-15/h4-5,8,13,15H,6-7H2,1-3H3. The van der Waals surface area contributed by atoms with E-state index >= 15 is 0 Å². The van der Waals surface area contributed by atoms with Crippen molar-refractivity contribution in [3.8, 4) is 0 Å². The van der Waals surface area contributed by atoms with Crippen LogP contribution in [0.3, 0.4) is 0 Å². The number of carbonyl (C=O) groups excluding carboxylic acids is 1. The fraction of sp³-hybridized carbons (Fsp3) is 0.417. The van der Waals surface area contributed by atoms with E-state index in [4.69, 9.17) is 5.11 Å². The van der Waals surface area contributed by atoms with Crippen LogP contribution in [0, 0.1) is 6.92 Å². The topological polar surface area (TPSA) is 52.6 Å². The number of benzene rings is 1. The Morgan fingerprint density at radius 3 is 2.69 bits per heavy atom. The van der Waals surface area contributed by atoms with Gasteiger partial charge in [0.05, 0.1) is 6.61 Å². The lowest BCUT2D eigenvalue weighted by Gasteiger charge is -2.17. The van der Waals surface area contributed by atoms with Crippen molar-refractivity contribution in [2.75, 3.05) is 32.6 Å². The summed E-state index contributed by atoms with van der Waals surface area (Å²) < 4.78 is 0. The van der Waals surface area contributed by atoms with E-state index in [0.29, 0.717) is 12.1 Å². The lowest BCUT2D eigenvalue weighted by Crippen LogP contribution is -2.29. The number of aliphatic hydroxyl groups excluding tert-OH is 1. The predicted octanol–water partition coefficient (Wildman–Crippen LogP) is 1.10. The maximum atomic E-state index is 11.9. The van der Waals surface area contributed by atoms with Crippen LogP contribution in [-0.2, 0) is 0 Å². The fourth-order valence-corrected chi connectivity index (χ4v) is 1.52. The van der Waals surface area contributed by atoms with Gasteiger partial charge in [0.15, 0.2) is 0 Å². The molecule has 0 aliphatic rings. The van der Waals surface area contributed by atoms with Crippen molar-refractivity contribution in [1.82, 2.24) is 4.90 Å². The molecule has 0 heterocycles. The predicted molar refractivity (Wildman–Crippen MR) is 64.8 cm³/mol. The number of rotatable bonds is 4. The lowest BCUT2D eigenvalue weighted by atomic mass is 10.1. The second-order valence-electron chi connectivity index (χ2n) is 3.73. The summed E-state index contributed by atoms with van der Waals surface area (Å²) in [6.45, 7) is 2.24. The van der Waals surface area contributed by atoms with Crippen molar-refractivity contribution in [3.63, 3.8) is 0 Å². The first-order valence-electron chi connectivity index (χ1n) is 5.25. The summed E-state index contributed by atoms with van der Waals surface area (Å²) in [6, 6.07) is 5.60. The number of anilines is 1. The average molecular weight is 222 g/mol. The maximum absolute atomic E-state index is 11.9. The van der Waals surface area contributed by atoms with Gasteiger partial charge in [-0.05, 0) is 30.7 Å². The van der Waals surface area contributed by atoms with Crippen molar-refractivity contribution in [1.29, 1.82) is 0 Å². The van der Waals surface area contributed by atoms with E-state index in [9.17, 15) is 4.79 Å². The van der Waals surface area contributed by atoms with Crippen LogP contribution in [0.2, 0.25) is 0 Å². The molecule has 0 spiro atoms. The number of aryl methyl sites for hydroxylation is 1. The van der Waals surface area contributed by atoms with Gasteiger partial charge in [0.25, 0.3) is 5.91 Å². The van der Waals surface area contributed by atoms with E-state index in [1.807, 2.05) is 26.1 Å². The molecule has 0 bridgehead atoms. The van der Waals surface area contributed by atoms with Crippen molar-refractivity contribution in [2.24, 2.45) is 0 Å². The molecule has 0 fully saturated rings. The Balaban J connectivity index is 2.91. The van der Waals surface area contributed by atoms with Gasteiger partial charge in [0.2, 0.25) is 0 Å². The molecule has 2 N–H and O–H groups in total. The summed E-state index contributed by atoms with van der Waals surface area (Å²) in [6.07, 6.45) is 0. The Morgan fingerprint density at radius 1 is 1.50 bits per heavy atom. The van der Waals surface area contributed by atoms with Crippen LogP contribution in [0.5, 0.6) is 0 Å². The van der Waals surface area contributed by atoms with E-state index in [-0.39, 0.29) is 12.5 Å². The van der Waals surface area contributed by atoms with E-state index in [1.165, 1.54) is 4.90 Å². The molecule has 1 rings (SSSR count). The van der Waals surface area contributed by atoms with Crippen molar-refractivity contribution in [2.45, 2.75) is 6.92 Å². The summed E-state index contributed by atoms with van der Waals surface area (Å²) >= 11 is 0. The number of nitrogens with zero attached hydrogens (tertiary/aromatic N) is 1. The quantitative estimate of drug-likeness (QED) is 0.802. The van der Waals surface area contributed by atoms with Gasteiger partial charge in [-0.3, -0.25) is 4.79 Å². The third-order valence-electron chi connectivity index (χ3n) is 2.53. The third-order valence-corrected chi connectivity index (χ3v) is 2.53. The van der Waals surface area contributed by atoms with Gasteiger partial charge < -0.3 is 15.3 Å². The molecule has 0 aliphatic carbocycles. The number of hydrogen-bond acceptors (Lipinski definition) is 3. The molecule has 0 saturated heterocycles. The molecule has 0 unspecified atom stereocenters. The number of aliphatic hydroxyl groups is 1. The van der Waals surface area contributed by atoms with Gasteiger partial charge in [-0.25, -0.2) is 0 Å². The van der Waals surface area contributed by atoms with E-state index in [1.54, 1.807) is 13.1 Å². The van der Waals surface area contributed by atoms with Gasteiger partial charge in [0, 0.05) is 31.9 Å². The molecular weight excluding hydrogens is 204 g/mol. The summed E-state index contributed by atoms with van der Waals surface area (Å²) in [7, 11) is 3.53. The van der Waals surface area contributed by atoms with Crippen molar-refractivity contribution >= 4 is 11.6 Å². The molecule has 4 nitrogen and oxygen atoms in total. The lowest BCUT2D eigenvalue weighted by molar-refractivity contribution is 0.0766. The molecule has 4 heteroatoms. The van der Waals surface area contributed by atoms with Crippen LogP contribution in [0.4, 0.5) is 5.69 Å². The number of carbonyl (C=O) groups is 1. The first-order valence-corrected chi connectivity index (χ1v) is 5.25. The molecule has 88 valence electrons. The van der Waals surface area contributed by atoms with Gasteiger partial charge in [-0.2, -0.15) is 0 Å². The van der Waals surface area contributed by atoms with Crippen LogP contribution < -0.4 is 5.32 Å². The van der Waals surface area contributed by atoms with Crippen LogP contribution in [0.15, 0.2) is 18.2 Å². The van der Waals surface area contributed by atoms with Crippen LogP contribution in [-0.4, -0.2) is 43.2 Å². The highest BCUT2D eigenvalue weighted by atomic mass is 16.3. The van der Waals surface area contributed by atoms with Gasteiger partial charge >= 0.3 is 0 Å². The number of nitrogens with one attached hydrogen (secondary N) is 1. The zero-order valence-electron chi connectivity index (χ0n) is 9.95. The number of likely N-dealkylation sites (N-methyl/N-ethyl adjacent to an activating group) is 1. The third kappa shape index (κ3) is 2.73. The molecule has 0 aliphatic heterocycles.